The van der Waals surface area contributed by atoms with E-state index in [0.29, 0.717) is 5.69 Å². The van der Waals surface area contributed by atoms with Crippen LogP contribution in [-0.2, 0) is 7.05 Å². The van der Waals surface area contributed by atoms with Crippen molar-refractivity contribution in [1.82, 2.24) is 15.1 Å². The first-order valence-corrected chi connectivity index (χ1v) is 5.34. The van der Waals surface area contributed by atoms with Crippen LogP contribution in [0.5, 0.6) is 0 Å². The minimum atomic E-state index is -1.46. The van der Waals surface area contributed by atoms with Crippen molar-refractivity contribution >= 4 is 0 Å². The molecule has 0 bridgehead atoms. The summed E-state index contributed by atoms with van der Waals surface area (Å²) in [5.74, 6) is -3.88. The van der Waals surface area contributed by atoms with Gasteiger partial charge in [-0.25, -0.2) is 13.2 Å². The average molecular weight is 255 g/mol. The Morgan fingerprint density at radius 1 is 1.22 bits per heavy atom. The van der Waals surface area contributed by atoms with Gasteiger partial charge in [0.2, 0.25) is 0 Å². The van der Waals surface area contributed by atoms with E-state index in [1.807, 2.05) is 0 Å². The van der Waals surface area contributed by atoms with E-state index < -0.39 is 23.5 Å². The second kappa shape index (κ2) is 4.81. The molecule has 0 saturated heterocycles. The zero-order valence-electron chi connectivity index (χ0n) is 9.92. The van der Waals surface area contributed by atoms with Crippen molar-refractivity contribution in [3.63, 3.8) is 0 Å². The van der Waals surface area contributed by atoms with E-state index in [4.69, 9.17) is 0 Å². The third kappa shape index (κ3) is 2.24. The number of halogens is 3. The summed E-state index contributed by atoms with van der Waals surface area (Å²) in [5, 5.41) is 7.05. The number of aryl methyl sites for hydroxylation is 1. The molecule has 1 aromatic carbocycles. The lowest BCUT2D eigenvalue weighted by molar-refractivity contribution is 0.443. The van der Waals surface area contributed by atoms with Crippen molar-refractivity contribution in [2.45, 2.75) is 6.04 Å². The summed E-state index contributed by atoms with van der Waals surface area (Å²) in [4.78, 5) is 0. The Kier molecular flexibility index (Phi) is 3.38. The fourth-order valence-corrected chi connectivity index (χ4v) is 1.81. The van der Waals surface area contributed by atoms with Crippen molar-refractivity contribution in [3.8, 4) is 0 Å². The highest BCUT2D eigenvalue weighted by Gasteiger charge is 2.19. The topological polar surface area (TPSA) is 29.9 Å². The molecule has 0 saturated carbocycles. The molecule has 0 amide bonds. The normalized spacial score (nSPS) is 12.7. The molecule has 3 nitrogen and oxygen atoms in total. The van der Waals surface area contributed by atoms with Crippen molar-refractivity contribution in [3.05, 3.63) is 53.1 Å². The molecule has 1 unspecified atom stereocenters. The summed E-state index contributed by atoms with van der Waals surface area (Å²) in [6, 6.07) is 3.17. The molecule has 1 atom stereocenters. The van der Waals surface area contributed by atoms with Gasteiger partial charge in [0, 0.05) is 13.2 Å². The molecule has 0 fully saturated rings. The van der Waals surface area contributed by atoms with Gasteiger partial charge in [0.15, 0.2) is 17.5 Å². The highest BCUT2D eigenvalue weighted by atomic mass is 19.2. The number of aromatic nitrogens is 2. The van der Waals surface area contributed by atoms with Gasteiger partial charge >= 0.3 is 0 Å². The molecule has 18 heavy (non-hydrogen) atoms. The predicted octanol–water partition coefficient (Wildman–Crippen LogP) is 2.15. The Morgan fingerprint density at radius 3 is 2.28 bits per heavy atom. The molecule has 0 radical (unpaired) electrons. The van der Waals surface area contributed by atoms with E-state index in [2.05, 4.69) is 10.4 Å². The maximum Gasteiger partial charge on any atom is 0.194 e. The van der Waals surface area contributed by atoms with Crippen LogP contribution in [-0.4, -0.2) is 16.8 Å². The summed E-state index contributed by atoms with van der Waals surface area (Å²) >= 11 is 0. The molecule has 0 aliphatic rings. The van der Waals surface area contributed by atoms with Crippen LogP contribution < -0.4 is 5.32 Å². The highest BCUT2D eigenvalue weighted by molar-refractivity contribution is 5.29. The third-order valence-electron chi connectivity index (χ3n) is 2.66. The van der Waals surface area contributed by atoms with E-state index in [-0.39, 0.29) is 5.56 Å². The Hall–Kier alpha value is -1.82. The Balaban J connectivity index is 2.45. The number of hydrogen-bond donors (Lipinski definition) is 1. The second-order valence-electron chi connectivity index (χ2n) is 3.93. The third-order valence-corrected chi connectivity index (χ3v) is 2.66. The number of benzene rings is 1. The van der Waals surface area contributed by atoms with Crippen LogP contribution in [0, 0.1) is 17.5 Å². The lowest BCUT2D eigenvalue weighted by Gasteiger charge is -2.14. The van der Waals surface area contributed by atoms with E-state index in [1.54, 1.807) is 31.0 Å². The summed E-state index contributed by atoms with van der Waals surface area (Å²) in [5.41, 5.74) is 0.887. The first kappa shape index (κ1) is 12.6. The molecule has 6 heteroatoms. The van der Waals surface area contributed by atoms with Crippen LogP contribution in [0.15, 0.2) is 24.4 Å². The SMILES string of the molecule is CNC(c1cc(F)c(F)c(F)c1)c1ccn(C)n1. The molecule has 1 heterocycles. The zero-order valence-corrected chi connectivity index (χ0v) is 9.92. The van der Waals surface area contributed by atoms with Crippen LogP contribution in [0.25, 0.3) is 0 Å². The molecular formula is C12H12F3N3. The van der Waals surface area contributed by atoms with Gasteiger partial charge in [0.1, 0.15) is 0 Å². The molecule has 2 rings (SSSR count). The van der Waals surface area contributed by atoms with Crippen LogP contribution in [0.4, 0.5) is 13.2 Å². The van der Waals surface area contributed by atoms with Gasteiger partial charge in [-0.3, -0.25) is 4.68 Å². The van der Waals surface area contributed by atoms with Crippen molar-refractivity contribution < 1.29 is 13.2 Å². The molecule has 0 spiro atoms. The van der Waals surface area contributed by atoms with Crippen LogP contribution in [0.1, 0.15) is 17.3 Å². The lowest BCUT2D eigenvalue weighted by atomic mass is 10.0. The maximum absolute atomic E-state index is 13.2. The van der Waals surface area contributed by atoms with Crippen molar-refractivity contribution in [1.29, 1.82) is 0 Å². The van der Waals surface area contributed by atoms with Gasteiger partial charge in [-0.05, 0) is 30.8 Å². The molecular weight excluding hydrogens is 243 g/mol. The van der Waals surface area contributed by atoms with E-state index in [9.17, 15) is 13.2 Å². The molecule has 1 N–H and O–H groups in total. The summed E-state index contributed by atoms with van der Waals surface area (Å²) in [7, 11) is 3.38. The van der Waals surface area contributed by atoms with E-state index >= 15 is 0 Å². The van der Waals surface area contributed by atoms with Gasteiger partial charge in [0.05, 0.1) is 11.7 Å². The fraction of sp³-hybridized carbons (Fsp3) is 0.250. The standard InChI is InChI=1S/C12H12F3N3/c1-16-12(10-3-4-18(2)17-10)7-5-8(13)11(15)9(14)6-7/h3-6,12,16H,1-2H3. The highest BCUT2D eigenvalue weighted by Crippen LogP contribution is 2.23. The largest absolute Gasteiger partial charge is 0.308 e. The number of hydrogen-bond acceptors (Lipinski definition) is 2. The van der Waals surface area contributed by atoms with Crippen LogP contribution in [0.2, 0.25) is 0 Å². The summed E-state index contributed by atoms with van der Waals surface area (Å²) in [6.45, 7) is 0. The second-order valence-corrected chi connectivity index (χ2v) is 3.93. The first-order valence-electron chi connectivity index (χ1n) is 5.34. The van der Waals surface area contributed by atoms with Crippen LogP contribution in [0.3, 0.4) is 0 Å². The monoisotopic (exact) mass is 255 g/mol. The number of nitrogens with zero attached hydrogens (tertiary/aromatic N) is 2. The fourth-order valence-electron chi connectivity index (χ4n) is 1.81. The zero-order chi connectivity index (χ0) is 13.3. The van der Waals surface area contributed by atoms with Gasteiger partial charge < -0.3 is 5.32 Å². The van der Waals surface area contributed by atoms with Crippen LogP contribution >= 0.6 is 0 Å². The van der Waals surface area contributed by atoms with Gasteiger partial charge in [-0.2, -0.15) is 5.10 Å². The molecule has 0 aliphatic heterocycles. The minimum absolute atomic E-state index is 0.285. The number of nitrogens with one attached hydrogen (secondary N) is 1. The molecule has 2 aromatic rings. The average Bonchev–Trinajstić information content (AvgIpc) is 2.73. The predicted molar refractivity (Wildman–Crippen MR) is 60.4 cm³/mol. The molecule has 96 valence electrons. The Morgan fingerprint density at radius 2 is 1.83 bits per heavy atom. The van der Waals surface area contributed by atoms with E-state index in [1.165, 1.54) is 0 Å². The quantitative estimate of drug-likeness (QED) is 0.852. The minimum Gasteiger partial charge on any atom is -0.308 e. The maximum atomic E-state index is 13.2. The summed E-state index contributed by atoms with van der Waals surface area (Å²) in [6.07, 6.45) is 1.72. The van der Waals surface area contributed by atoms with E-state index in [0.717, 1.165) is 12.1 Å². The lowest BCUT2D eigenvalue weighted by Crippen LogP contribution is -2.19. The van der Waals surface area contributed by atoms with Gasteiger partial charge in [-0.15, -0.1) is 0 Å². The van der Waals surface area contributed by atoms with Gasteiger partial charge in [0.25, 0.3) is 0 Å². The first-order chi connectivity index (χ1) is 8.52. The molecule has 1 aromatic heterocycles. The van der Waals surface area contributed by atoms with Crippen molar-refractivity contribution in [2.24, 2.45) is 7.05 Å². The molecule has 0 aliphatic carbocycles. The summed E-state index contributed by atoms with van der Waals surface area (Å²) < 4.78 is 40.9. The van der Waals surface area contributed by atoms with Gasteiger partial charge in [-0.1, -0.05) is 0 Å². The van der Waals surface area contributed by atoms with Crippen molar-refractivity contribution in [2.75, 3.05) is 7.05 Å². The Labute approximate surface area is 102 Å². The number of rotatable bonds is 3. The smallest absolute Gasteiger partial charge is 0.194 e. The Bertz CT molecular complexity index is 542.